The predicted octanol–water partition coefficient (Wildman–Crippen LogP) is 3.45. The van der Waals surface area contributed by atoms with Crippen LogP contribution in [-0.2, 0) is 0 Å². The zero-order chi connectivity index (χ0) is 18.0. The van der Waals surface area contributed by atoms with Crippen molar-refractivity contribution in [3.8, 4) is 5.75 Å². The van der Waals surface area contributed by atoms with Crippen LogP contribution in [0.2, 0.25) is 0 Å². The minimum Gasteiger partial charge on any atom is -0.505 e. The first-order valence-electron chi connectivity index (χ1n) is 8.10. The lowest BCUT2D eigenvalue weighted by Gasteiger charge is -2.21. The van der Waals surface area contributed by atoms with Crippen LogP contribution in [0.1, 0.15) is 31.8 Å². The van der Waals surface area contributed by atoms with Crippen molar-refractivity contribution in [1.29, 1.82) is 0 Å². The van der Waals surface area contributed by atoms with Gasteiger partial charge in [-0.2, -0.15) is 0 Å². The van der Waals surface area contributed by atoms with Crippen molar-refractivity contribution in [3.05, 3.63) is 76.9 Å². The molecule has 5 heteroatoms. The van der Waals surface area contributed by atoms with Crippen LogP contribution < -0.4 is 5.73 Å². The maximum atomic E-state index is 13.1. The number of anilines is 1. The molecule has 4 aromatic rings. The summed E-state index contributed by atoms with van der Waals surface area (Å²) in [5.74, 6) is -0.910. The molecule has 5 nitrogen and oxygen atoms in total. The van der Waals surface area contributed by atoms with Gasteiger partial charge in [-0.15, -0.1) is 0 Å². The van der Waals surface area contributed by atoms with Gasteiger partial charge >= 0.3 is 0 Å². The van der Waals surface area contributed by atoms with Crippen LogP contribution >= 0.6 is 0 Å². The van der Waals surface area contributed by atoms with E-state index >= 15 is 0 Å². The summed E-state index contributed by atoms with van der Waals surface area (Å²) < 4.78 is 0. The number of para-hydroxylation sites is 1. The van der Waals surface area contributed by atoms with E-state index in [1.807, 2.05) is 24.3 Å². The molecule has 0 amide bonds. The summed E-state index contributed by atoms with van der Waals surface area (Å²) in [6.45, 7) is 0. The van der Waals surface area contributed by atoms with Gasteiger partial charge in [-0.3, -0.25) is 9.59 Å². The molecule has 0 atom stereocenters. The smallest absolute Gasteiger partial charge is 0.196 e. The molecule has 0 radical (unpaired) electrons. The Morgan fingerprint density at radius 1 is 0.846 bits per heavy atom. The van der Waals surface area contributed by atoms with Crippen LogP contribution in [0.25, 0.3) is 21.8 Å². The second-order valence-corrected chi connectivity index (χ2v) is 6.29. The van der Waals surface area contributed by atoms with Gasteiger partial charge in [-0.1, -0.05) is 42.5 Å². The number of aromatic hydroxyl groups is 1. The normalized spacial score (nSPS) is 13.1. The first-order chi connectivity index (χ1) is 12.6. The van der Waals surface area contributed by atoms with E-state index in [0.717, 1.165) is 5.39 Å². The van der Waals surface area contributed by atoms with Crippen LogP contribution in [0.15, 0.2) is 54.6 Å². The lowest BCUT2D eigenvalue weighted by Crippen LogP contribution is -2.23. The van der Waals surface area contributed by atoms with E-state index < -0.39 is 0 Å². The van der Waals surface area contributed by atoms with E-state index in [-0.39, 0.29) is 39.7 Å². The Morgan fingerprint density at radius 2 is 1.46 bits per heavy atom. The molecule has 5 rings (SSSR count). The number of nitrogens with zero attached hydrogens (tertiary/aromatic N) is 1. The highest BCUT2D eigenvalue weighted by Gasteiger charge is 2.35. The number of phenols is 1. The molecule has 1 aliphatic carbocycles. The van der Waals surface area contributed by atoms with Crippen LogP contribution in [0, 0.1) is 0 Å². The highest BCUT2D eigenvalue weighted by molar-refractivity contribution is 6.34. The largest absolute Gasteiger partial charge is 0.505 e. The third kappa shape index (κ3) is 1.71. The van der Waals surface area contributed by atoms with Gasteiger partial charge in [-0.25, -0.2) is 4.98 Å². The van der Waals surface area contributed by atoms with E-state index in [1.165, 1.54) is 0 Å². The number of nitrogens with two attached hydrogens (primary N) is 1. The Kier molecular flexibility index (Phi) is 2.75. The molecule has 0 saturated carbocycles. The van der Waals surface area contributed by atoms with Gasteiger partial charge in [0.25, 0.3) is 0 Å². The Morgan fingerprint density at radius 3 is 2.19 bits per heavy atom. The number of hydrogen-bond acceptors (Lipinski definition) is 5. The zero-order valence-electron chi connectivity index (χ0n) is 13.5. The molecular weight excluding hydrogens is 328 g/mol. The van der Waals surface area contributed by atoms with Crippen molar-refractivity contribution in [1.82, 2.24) is 4.98 Å². The highest BCUT2D eigenvalue weighted by Crippen LogP contribution is 2.42. The van der Waals surface area contributed by atoms with Crippen LogP contribution in [0.3, 0.4) is 0 Å². The molecule has 3 N–H and O–H groups in total. The number of pyridine rings is 1. The molecule has 0 spiro atoms. The third-order valence-corrected chi connectivity index (χ3v) is 4.86. The SMILES string of the molecule is Nc1c2c(c3nc4ccccc4cc3c1O)C(=O)c1ccccc1C2=O. The molecule has 1 aliphatic rings. The number of benzene rings is 3. The van der Waals surface area contributed by atoms with Gasteiger partial charge in [0, 0.05) is 21.9 Å². The van der Waals surface area contributed by atoms with Crippen molar-refractivity contribution in [3.63, 3.8) is 0 Å². The van der Waals surface area contributed by atoms with Gasteiger partial charge in [0.15, 0.2) is 11.6 Å². The first kappa shape index (κ1) is 14.6. The fourth-order valence-corrected chi connectivity index (χ4v) is 3.61. The molecule has 1 aromatic heterocycles. The number of fused-ring (bicyclic) bond motifs is 5. The number of carbonyl (C=O) groups is 2. The minimum atomic E-state index is -0.375. The van der Waals surface area contributed by atoms with Crippen molar-refractivity contribution in [2.45, 2.75) is 0 Å². The van der Waals surface area contributed by atoms with Crippen molar-refractivity contribution >= 4 is 39.1 Å². The Hall–Kier alpha value is -3.73. The lowest BCUT2D eigenvalue weighted by atomic mass is 9.81. The molecule has 3 aromatic carbocycles. The van der Waals surface area contributed by atoms with Crippen LogP contribution in [0.5, 0.6) is 5.75 Å². The van der Waals surface area contributed by atoms with Crippen LogP contribution in [0.4, 0.5) is 5.69 Å². The van der Waals surface area contributed by atoms with Crippen molar-refractivity contribution < 1.29 is 14.7 Å². The Balaban J connectivity index is 1.99. The number of phenolic OH excluding ortho intramolecular Hbond substituents is 1. The molecule has 26 heavy (non-hydrogen) atoms. The molecule has 0 saturated heterocycles. The second-order valence-electron chi connectivity index (χ2n) is 6.29. The summed E-state index contributed by atoms with van der Waals surface area (Å²) in [5.41, 5.74) is 7.75. The van der Waals surface area contributed by atoms with Crippen molar-refractivity contribution in [2.75, 3.05) is 5.73 Å². The summed E-state index contributed by atoms with van der Waals surface area (Å²) in [6, 6.07) is 15.7. The molecule has 0 unspecified atom stereocenters. The van der Waals surface area contributed by atoms with E-state index in [4.69, 9.17) is 5.73 Å². The van der Waals surface area contributed by atoms with Gasteiger partial charge in [0.2, 0.25) is 0 Å². The number of hydrogen-bond donors (Lipinski definition) is 2. The van der Waals surface area contributed by atoms with E-state index in [0.29, 0.717) is 22.0 Å². The summed E-state index contributed by atoms with van der Waals surface area (Å²) in [5, 5.41) is 11.8. The van der Waals surface area contributed by atoms with E-state index in [1.54, 1.807) is 30.3 Å². The predicted molar refractivity (Wildman–Crippen MR) is 98.6 cm³/mol. The first-order valence-corrected chi connectivity index (χ1v) is 8.10. The van der Waals surface area contributed by atoms with Gasteiger partial charge in [-0.05, 0) is 12.1 Å². The number of ketones is 2. The molecule has 0 aliphatic heterocycles. The second kappa shape index (κ2) is 4.89. The Bertz CT molecular complexity index is 1290. The summed E-state index contributed by atoms with van der Waals surface area (Å²) >= 11 is 0. The van der Waals surface area contributed by atoms with Crippen molar-refractivity contribution in [2.24, 2.45) is 0 Å². The zero-order valence-corrected chi connectivity index (χ0v) is 13.5. The number of nitrogen functional groups attached to an aromatic ring is 1. The lowest BCUT2D eigenvalue weighted by molar-refractivity contribution is 0.0980. The standard InChI is InChI=1S/C21H12N2O3/c22-17-15-16(20(25)12-7-3-2-6-11(12)19(15)24)18-13(21(17)26)9-10-5-1-4-8-14(10)23-18/h1-9,26H,22H2. The van der Waals surface area contributed by atoms with E-state index in [9.17, 15) is 14.7 Å². The Labute approximate surface area is 147 Å². The summed E-state index contributed by atoms with van der Waals surface area (Å²) in [4.78, 5) is 30.7. The minimum absolute atomic E-state index is 0.0291. The van der Waals surface area contributed by atoms with E-state index in [2.05, 4.69) is 4.98 Å². The molecule has 124 valence electrons. The van der Waals surface area contributed by atoms with Gasteiger partial charge < -0.3 is 10.8 Å². The maximum absolute atomic E-state index is 13.1. The molecular formula is C21H12N2O3. The average Bonchev–Trinajstić information content (AvgIpc) is 2.67. The third-order valence-electron chi connectivity index (χ3n) is 4.86. The molecule has 0 fully saturated rings. The summed E-state index contributed by atoms with van der Waals surface area (Å²) in [6.07, 6.45) is 0. The highest BCUT2D eigenvalue weighted by atomic mass is 16.3. The maximum Gasteiger partial charge on any atom is 0.196 e. The number of aromatic nitrogens is 1. The van der Waals surface area contributed by atoms with Gasteiger partial charge in [0.1, 0.15) is 5.75 Å². The fraction of sp³-hybridized carbons (Fsp3) is 0. The monoisotopic (exact) mass is 340 g/mol. The number of carbonyl (C=O) groups excluding carboxylic acids is 2. The van der Waals surface area contributed by atoms with Gasteiger partial charge in [0.05, 0.1) is 27.8 Å². The quantitative estimate of drug-likeness (QED) is 0.256. The number of rotatable bonds is 0. The average molecular weight is 340 g/mol. The molecule has 1 heterocycles. The fourth-order valence-electron chi connectivity index (χ4n) is 3.61. The topological polar surface area (TPSA) is 93.3 Å². The van der Waals surface area contributed by atoms with Crippen LogP contribution in [-0.4, -0.2) is 21.7 Å². The molecule has 0 bridgehead atoms. The summed E-state index contributed by atoms with van der Waals surface area (Å²) in [7, 11) is 0.